The van der Waals surface area contributed by atoms with Crippen LogP contribution >= 0.6 is 0 Å². The van der Waals surface area contributed by atoms with Gasteiger partial charge in [0, 0.05) is 12.0 Å². The van der Waals surface area contributed by atoms with Crippen molar-refractivity contribution in [1.29, 1.82) is 0 Å². The average Bonchev–Trinajstić information content (AvgIpc) is 2.67. The van der Waals surface area contributed by atoms with Crippen LogP contribution in [-0.4, -0.2) is 32.8 Å². The Morgan fingerprint density at radius 1 is 1.10 bits per heavy atom. The summed E-state index contributed by atoms with van der Waals surface area (Å²) in [7, 11) is 0. The van der Waals surface area contributed by atoms with Gasteiger partial charge in [0.25, 0.3) is 5.91 Å². The molecule has 158 valence electrons. The number of nitrogens with two attached hydrogens (primary N) is 1. The number of carbonyl (C=O) groups is 3. The van der Waals surface area contributed by atoms with Crippen molar-refractivity contribution in [3.8, 4) is 5.75 Å². The van der Waals surface area contributed by atoms with Crippen LogP contribution in [0.4, 0.5) is 0 Å². The van der Waals surface area contributed by atoms with E-state index in [1.165, 1.54) is 0 Å². The van der Waals surface area contributed by atoms with Gasteiger partial charge in [-0.25, -0.2) is 0 Å². The fourth-order valence-electron chi connectivity index (χ4n) is 5.43. The summed E-state index contributed by atoms with van der Waals surface area (Å²) in [4.78, 5) is 37.3. The molecule has 1 aromatic carbocycles. The minimum Gasteiger partial charge on any atom is -0.511 e. The third kappa shape index (κ3) is 2.68. The first kappa shape index (κ1) is 20.2. The minimum atomic E-state index is -1.08. The lowest BCUT2D eigenvalue weighted by Crippen LogP contribution is -2.44. The number of rotatable bonds is 3. The van der Waals surface area contributed by atoms with Gasteiger partial charge >= 0.3 is 0 Å². The molecule has 0 bridgehead atoms. The second-order valence-corrected chi connectivity index (χ2v) is 8.36. The van der Waals surface area contributed by atoms with Gasteiger partial charge in [-0.3, -0.25) is 14.4 Å². The van der Waals surface area contributed by atoms with E-state index in [4.69, 9.17) is 5.73 Å². The number of hydrogen-bond donors (Lipinski definition) is 4. The monoisotopic (exact) mass is 411 g/mol. The number of amides is 1. The SMILES string of the molecule is CCc1cc(CC)c2c(c1O)C(O)=C1C(=O)C3C(O)=C(C(N)=O)C(=O)C[C@@H]3C[C@@H]1C2. The predicted octanol–water partition coefficient (Wildman–Crippen LogP) is 2.43. The Kier molecular flexibility index (Phi) is 4.71. The number of fused-ring (bicyclic) bond motifs is 3. The number of Topliss-reactive ketones (excluding diaryl/α,β-unsaturated/α-hetero) is 2. The number of phenols is 1. The maximum absolute atomic E-state index is 13.4. The van der Waals surface area contributed by atoms with Crippen molar-refractivity contribution < 1.29 is 29.7 Å². The summed E-state index contributed by atoms with van der Waals surface area (Å²) in [5, 5.41) is 32.4. The van der Waals surface area contributed by atoms with Crippen LogP contribution in [0.25, 0.3) is 5.76 Å². The molecular weight excluding hydrogens is 386 g/mol. The topological polar surface area (TPSA) is 138 Å². The van der Waals surface area contributed by atoms with Crippen LogP contribution in [0.3, 0.4) is 0 Å². The molecule has 0 saturated heterocycles. The lowest BCUT2D eigenvalue weighted by atomic mass is 9.61. The third-order valence-electron chi connectivity index (χ3n) is 6.82. The number of allylic oxidation sites excluding steroid dienone is 2. The summed E-state index contributed by atoms with van der Waals surface area (Å²) in [6.07, 6.45) is 2.12. The van der Waals surface area contributed by atoms with Gasteiger partial charge in [0.1, 0.15) is 22.8 Å². The molecule has 4 rings (SSSR count). The van der Waals surface area contributed by atoms with E-state index in [-0.39, 0.29) is 35.0 Å². The van der Waals surface area contributed by atoms with Crippen LogP contribution in [-0.2, 0) is 33.6 Å². The average molecular weight is 411 g/mol. The number of aryl methyl sites for hydroxylation is 2. The van der Waals surface area contributed by atoms with Gasteiger partial charge in [-0.15, -0.1) is 0 Å². The quantitative estimate of drug-likeness (QED) is 0.564. The maximum atomic E-state index is 13.4. The second kappa shape index (κ2) is 7.00. The van der Waals surface area contributed by atoms with Crippen LogP contribution in [0.5, 0.6) is 5.75 Å². The molecule has 0 heterocycles. The zero-order valence-corrected chi connectivity index (χ0v) is 17.0. The number of ketones is 2. The third-order valence-corrected chi connectivity index (χ3v) is 6.82. The first-order valence-electron chi connectivity index (χ1n) is 10.3. The number of aromatic hydroxyl groups is 1. The van der Waals surface area contributed by atoms with Gasteiger partial charge in [0.2, 0.25) is 0 Å². The van der Waals surface area contributed by atoms with Gasteiger partial charge in [-0.2, -0.15) is 0 Å². The Morgan fingerprint density at radius 3 is 2.37 bits per heavy atom. The molecule has 0 spiro atoms. The fraction of sp³-hybridized carbons (Fsp3) is 0.435. The molecule has 0 radical (unpaired) electrons. The molecule has 1 aromatic rings. The van der Waals surface area contributed by atoms with E-state index < -0.39 is 40.6 Å². The molecule has 3 atom stereocenters. The molecule has 7 nitrogen and oxygen atoms in total. The Bertz CT molecular complexity index is 1060. The van der Waals surface area contributed by atoms with Crippen LogP contribution in [0, 0.1) is 17.8 Å². The molecule has 1 unspecified atom stereocenters. The highest BCUT2D eigenvalue weighted by Gasteiger charge is 2.51. The number of phenolic OH excluding ortho intramolecular Hbond substituents is 1. The number of benzene rings is 1. The molecule has 7 heteroatoms. The summed E-state index contributed by atoms with van der Waals surface area (Å²) in [5.74, 6) is -4.87. The molecule has 1 saturated carbocycles. The molecule has 3 aliphatic rings. The normalized spacial score (nSPS) is 25.7. The Morgan fingerprint density at radius 2 is 1.77 bits per heavy atom. The van der Waals surface area contributed by atoms with Gasteiger partial charge in [0.15, 0.2) is 11.6 Å². The largest absolute Gasteiger partial charge is 0.511 e. The predicted molar refractivity (Wildman–Crippen MR) is 109 cm³/mol. The highest BCUT2D eigenvalue weighted by molar-refractivity contribution is 6.21. The van der Waals surface area contributed by atoms with E-state index in [0.717, 1.165) is 17.5 Å². The highest BCUT2D eigenvalue weighted by atomic mass is 16.3. The minimum absolute atomic E-state index is 0.0283. The van der Waals surface area contributed by atoms with Crippen molar-refractivity contribution >= 4 is 23.2 Å². The first-order valence-corrected chi connectivity index (χ1v) is 10.3. The van der Waals surface area contributed by atoms with Gasteiger partial charge < -0.3 is 21.1 Å². The Balaban J connectivity index is 1.91. The zero-order chi connectivity index (χ0) is 21.9. The molecule has 3 aliphatic carbocycles. The van der Waals surface area contributed by atoms with Crippen molar-refractivity contribution in [2.45, 2.75) is 46.0 Å². The van der Waals surface area contributed by atoms with E-state index in [1.807, 2.05) is 19.9 Å². The highest BCUT2D eigenvalue weighted by Crippen LogP contribution is 2.51. The number of aliphatic hydroxyl groups excluding tert-OH is 2. The number of carbonyl (C=O) groups excluding carboxylic acids is 3. The second-order valence-electron chi connectivity index (χ2n) is 8.36. The fourth-order valence-corrected chi connectivity index (χ4v) is 5.43. The van der Waals surface area contributed by atoms with Crippen molar-refractivity contribution in [2.24, 2.45) is 23.5 Å². The number of primary amides is 1. The summed E-state index contributed by atoms with van der Waals surface area (Å²) in [6.45, 7) is 3.90. The van der Waals surface area contributed by atoms with Crippen molar-refractivity contribution in [1.82, 2.24) is 0 Å². The van der Waals surface area contributed by atoms with E-state index in [9.17, 15) is 29.7 Å². The molecule has 5 N–H and O–H groups in total. The summed E-state index contributed by atoms with van der Waals surface area (Å²) in [6, 6.07) is 1.94. The number of hydrogen-bond acceptors (Lipinski definition) is 6. The first-order chi connectivity index (χ1) is 14.2. The van der Waals surface area contributed by atoms with Crippen molar-refractivity contribution in [3.63, 3.8) is 0 Å². The van der Waals surface area contributed by atoms with Crippen LogP contribution in [0.15, 0.2) is 23.0 Å². The Hall–Kier alpha value is -3.09. The molecule has 0 aliphatic heterocycles. The summed E-state index contributed by atoms with van der Waals surface area (Å²) in [5.41, 5.74) is 7.68. The van der Waals surface area contributed by atoms with E-state index in [0.29, 0.717) is 24.8 Å². The summed E-state index contributed by atoms with van der Waals surface area (Å²) < 4.78 is 0. The van der Waals surface area contributed by atoms with Gasteiger partial charge in [0.05, 0.1) is 11.5 Å². The van der Waals surface area contributed by atoms with E-state index >= 15 is 0 Å². The maximum Gasteiger partial charge on any atom is 0.255 e. The lowest BCUT2D eigenvalue weighted by molar-refractivity contribution is -0.127. The van der Waals surface area contributed by atoms with Crippen molar-refractivity contribution in [3.05, 3.63) is 45.2 Å². The van der Waals surface area contributed by atoms with Crippen LogP contribution in [0.2, 0.25) is 0 Å². The molecule has 30 heavy (non-hydrogen) atoms. The van der Waals surface area contributed by atoms with Gasteiger partial charge in [-0.05, 0) is 54.2 Å². The smallest absolute Gasteiger partial charge is 0.255 e. The standard InChI is InChI=1S/C23H25NO6/c1-3-9-5-10(4-2)19(26)17-13(9)7-11-6-12-8-14(25)18(23(24)30)22(29)16(12)20(27)15(11)21(17)28/h5,11-12,16,26,28-29H,3-4,6-8H2,1-2H3,(H2,24,30)/t11-,12+,16?/m1/s1. The van der Waals surface area contributed by atoms with Crippen LogP contribution in [0.1, 0.15) is 48.9 Å². The molecule has 1 amide bonds. The molecule has 0 aromatic heterocycles. The zero-order valence-electron chi connectivity index (χ0n) is 17.0. The molecule has 1 fully saturated rings. The summed E-state index contributed by atoms with van der Waals surface area (Å²) >= 11 is 0. The van der Waals surface area contributed by atoms with E-state index in [1.54, 1.807) is 0 Å². The van der Waals surface area contributed by atoms with Crippen LogP contribution < -0.4 is 5.73 Å². The van der Waals surface area contributed by atoms with Crippen molar-refractivity contribution in [2.75, 3.05) is 0 Å². The van der Waals surface area contributed by atoms with Gasteiger partial charge in [-0.1, -0.05) is 19.9 Å². The lowest BCUT2D eigenvalue weighted by Gasteiger charge is -2.41. The Labute approximate surface area is 173 Å². The van der Waals surface area contributed by atoms with E-state index in [2.05, 4.69) is 0 Å². The molecular formula is C23H25NO6. The number of aliphatic hydroxyl groups is 2.